The lowest BCUT2D eigenvalue weighted by Gasteiger charge is -2.21. The largest absolute Gasteiger partial charge is 0.493 e. The first kappa shape index (κ1) is 27.5. The maximum Gasteiger partial charge on any atom is 0.282 e. The molecule has 0 spiro atoms. The normalized spacial score (nSPS) is 11.7. The summed E-state index contributed by atoms with van der Waals surface area (Å²) in [6.07, 6.45) is 1.51. The highest BCUT2D eigenvalue weighted by Crippen LogP contribution is 2.35. The van der Waals surface area contributed by atoms with Crippen LogP contribution in [-0.2, 0) is 12.0 Å². The Labute approximate surface area is 235 Å². The second kappa shape index (κ2) is 11.0. The number of halogens is 2. The maximum absolute atomic E-state index is 13.5. The summed E-state index contributed by atoms with van der Waals surface area (Å²) >= 11 is 6.90. The Hall–Kier alpha value is -3.57. The van der Waals surface area contributed by atoms with Gasteiger partial charge in [-0.15, -0.1) is 0 Å². The number of non-ortho nitro benzene ring substituents is 1. The van der Waals surface area contributed by atoms with Crippen molar-refractivity contribution in [1.82, 2.24) is 9.66 Å². The molecule has 0 amide bonds. The van der Waals surface area contributed by atoms with Crippen LogP contribution in [0, 0.1) is 10.1 Å². The van der Waals surface area contributed by atoms with Crippen molar-refractivity contribution in [3.05, 3.63) is 101 Å². The van der Waals surface area contributed by atoms with Crippen molar-refractivity contribution >= 4 is 54.7 Å². The molecule has 0 bridgehead atoms. The SMILES string of the molecule is COc1cc(Br)cc(C=Nn2c(C(C)(C)C)nc3ccc(Br)cc3c2=O)c1OCc1cccc([N+](=O)[O-])c1. The number of aromatic nitrogens is 2. The molecule has 0 aliphatic rings. The average molecular weight is 644 g/mol. The van der Waals surface area contributed by atoms with Gasteiger partial charge in [0.05, 0.1) is 29.2 Å². The van der Waals surface area contributed by atoms with Crippen molar-refractivity contribution in [2.45, 2.75) is 32.8 Å². The number of hydrogen-bond acceptors (Lipinski definition) is 7. The third-order valence-electron chi connectivity index (χ3n) is 5.56. The van der Waals surface area contributed by atoms with Crippen LogP contribution in [0.4, 0.5) is 5.69 Å². The highest BCUT2D eigenvalue weighted by atomic mass is 79.9. The van der Waals surface area contributed by atoms with E-state index in [2.05, 4.69) is 37.0 Å². The van der Waals surface area contributed by atoms with E-state index in [0.29, 0.717) is 43.8 Å². The minimum Gasteiger partial charge on any atom is -0.493 e. The molecule has 0 radical (unpaired) electrons. The summed E-state index contributed by atoms with van der Waals surface area (Å²) in [5, 5.41) is 16.1. The molecule has 0 aliphatic carbocycles. The molecule has 0 atom stereocenters. The molecule has 0 saturated carbocycles. The first-order chi connectivity index (χ1) is 18.0. The van der Waals surface area contributed by atoms with Crippen LogP contribution in [0.25, 0.3) is 10.9 Å². The third-order valence-corrected chi connectivity index (χ3v) is 6.52. The molecule has 9 nitrogen and oxygen atoms in total. The maximum atomic E-state index is 13.5. The monoisotopic (exact) mass is 642 g/mol. The standard InChI is InChI=1S/C27H24Br2N4O5/c1-27(2,3)26-31-22-9-8-18(28)12-21(22)25(34)32(26)30-14-17-11-19(29)13-23(37-4)24(17)38-15-16-6-5-7-20(10-16)33(35)36/h5-14H,15H2,1-4H3. The summed E-state index contributed by atoms with van der Waals surface area (Å²) in [5.41, 5.74) is 0.914. The number of methoxy groups -OCH3 is 1. The van der Waals surface area contributed by atoms with Crippen LogP contribution in [0.2, 0.25) is 0 Å². The molecule has 3 aromatic carbocycles. The zero-order valence-corrected chi connectivity index (χ0v) is 24.2. The van der Waals surface area contributed by atoms with Gasteiger partial charge < -0.3 is 9.47 Å². The summed E-state index contributed by atoms with van der Waals surface area (Å²) in [6.45, 7) is 5.93. The van der Waals surface area contributed by atoms with Crippen LogP contribution >= 0.6 is 31.9 Å². The third kappa shape index (κ3) is 5.94. The van der Waals surface area contributed by atoms with E-state index in [-0.39, 0.29) is 17.9 Å². The molecule has 4 rings (SSSR count). The highest BCUT2D eigenvalue weighted by molar-refractivity contribution is 9.10. The molecule has 11 heteroatoms. The number of rotatable bonds is 7. The van der Waals surface area contributed by atoms with Gasteiger partial charge >= 0.3 is 0 Å². The molecule has 1 aromatic heterocycles. The molecule has 0 N–H and O–H groups in total. The summed E-state index contributed by atoms with van der Waals surface area (Å²) in [4.78, 5) is 28.9. The Morgan fingerprint density at radius 1 is 1.11 bits per heavy atom. The zero-order valence-electron chi connectivity index (χ0n) is 21.1. The van der Waals surface area contributed by atoms with E-state index in [1.807, 2.05) is 26.8 Å². The van der Waals surface area contributed by atoms with Crippen molar-refractivity contribution in [2.75, 3.05) is 7.11 Å². The molecular weight excluding hydrogens is 620 g/mol. The predicted octanol–water partition coefficient (Wildman–Crippen LogP) is 6.60. The summed E-state index contributed by atoms with van der Waals surface area (Å²) < 4.78 is 14.4. The van der Waals surface area contributed by atoms with Crippen LogP contribution in [-0.4, -0.2) is 27.9 Å². The number of nitro benzene ring substituents is 1. The minimum absolute atomic E-state index is 0.0276. The van der Waals surface area contributed by atoms with E-state index >= 15 is 0 Å². The number of ether oxygens (including phenoxy) is 2. The number of fused-ring (bicyclic) bond motifs is 1. The molecule has 0 fully saturated rings. The molecule has 4 aromatic rings. The minimum atomic E-state index is -0.478. The van der Waals surface area contributed by atoms with E-state index in [4.69, 9.17) is 14.5 Å². The Bertz CT molecular complexity index is 1630. The van der Waals surface area contributed by atoms with Gasteiger partial charge in [0.2, 0.25) is 0 Å². The molecule has 38 heavy (non-hydrogen) atoms. The van der Waals surface area contributed by atoms with E-state index in [0.717, 1.165) is 4.47 Å². The lowest BCUT2D eigenvalue weighted by Crippen LogP contribution is -2.29. The fourth-order valence-corrected chi connectivity index (χ4v) is 4.58. The Kier molecular flexibility index (Phi) is 7.98. The quantitative estimate of drug-likeness (QED) is 0.128. The van der Waals surface area contributed by atoms with Crippen LogP contribution in [0.1, 0.15) is 37.7 Å². The molecular formula is C27H24Br2N4O5. The van der Waals surface area contributed by atoms with Crippen molar-refractivity contribution < 1.29 is 14.4 Å². The van der Waals surface area contributed by atoms with Crippen molar-refractivity contribution in [3.8, 4) is 11.5 Å². The Morgan fingerprint density at radius 3 is 2.55 bits per heavy atom. The number of nitro groups is 1. The van der Waals surface area contributed by atoms with Crippen molar-refractivity contribution in [3.63, 3.8) is 0 Å². The van der Waals surface area contributed by atoms with Gasteiger partial charge in [0, 0.05) is 32.1 Å². The van der Waals surface area contributed by atoms with E-state index in [1.165, 1.54) is 30.1 Å². The molecule has 1 heterocycles. The molecule has 0 aliphatic heterocycles. The smallest absolute Gasteiger partial charge is 0.282 e. The summed E-state index contributed by atoms with van der Waals surface area (Å²) in [6, 6.07) is 15.1. The van der Waals surface area contributed by atoms with Gasteiger partial charge in [0.15, 0.2) is 11.5 Å². The van der Waals surface area contributed by atoms with Gasteiger partial charge in [0.1, 0.15) is 12.4 Å². The van der Waals surface area contributed by atoms with Gasteiger partial charge in [-0.1, -0.05) is 64.8 Å². The van der Waals surface area contributed by atoms with Crippen LogP contribution in [0.5, 0.6) is 11.5 Å². The Balaban J connectivity index is 1.80. The predicted molar refractivity (Wildman–Crippen MR) is 154 cm³/mol. The van der Waals surface area contributed by atoms with Gasteiger partial charge in [0.25, 0.3) is 11.2 Å². The highest BCUT2D eigenvalue weighted by Gasteiger charge is 2.23. The van der Waals surface area contributed by atoms with E-state index < -0.39 is 10.3 Å². The molecule has 0 saturated heterocycles. The Morgan fingerprint density at radius 2 is 1.87 bits per heavy atom. The first-order valence-corrected chi connectivity index (χ1v) is 13.1. The van der Waals surface area contributed by atoms with Gasteiger partial charge in [-0.25, -0.2) is 4.98 Å². The zero-order chi connectivity index (χ0) is 27.6. The van der Waals surface area contributed by atoms with Crippen LogP contribution < -0.4 is 15.0 Å². The van der Waals surface area contributed by atoms with Crippen LogP contribution in [0.3, 0.4) is 0 Å². The summed E-state index contributed by atoms with van der Waals surface area (Å²) in [5.74, 6) is 1.29. The molecule has 0 unspecified atom stereocenters. The number of nitrogens with zero attached hydrogens (tertiary/aromatic N) is 4. The van der Waals surface area contributed by atoms with E-state index in [1.54, 1.807) is 36.4 Å². The average Bonchev–Trinajstić information content (AvgIpc) is 2.86. The molecule has 196 valence electrons. The van der Waals surface area contributed by atoms with Crippen molar-refractivity contribution in [1.29, 1.82) is 0 Å². The fraction of sp³-hybridized carbons (Fsp3) is 0.222. The van der Waals surface area contributed by atoms with Crippen LogP contribution in [0.15, 0.2) is 73.4 Å². The second-order valence-electron chi connectivity index (χ2n) is 9.45. The van der Waals surface area contributed by atoms with Gasteiger partial charge in [-0.2, -0.15) is 9.78 Å². The summed E-state index contributed by atoms with van der Waals surface area (Å²) in [7, 11) is 1.51. The first-order valence-electron chi connectivity index (χ1n) is 11.5. The second-order valence-corrected chi connectivity index (χ2v) is 11.3. The fourth-order valence-electron chi connectivity index (χ4n) is 3.77. The lowest BCUT2D eigenvalue weighted by atomic mass is 9.95. The number of hydrogen-bond donors (Lipinski definition) is 0. The lowest BCUT2D eigenvalue weighted by molar-refractivity contribution is -0.384. The van der Waals surface area contributed by atoms with E-state index in [9.17, 15) is 14.9 Å². The van der Waals surface area contributed by atoms with Gasteiger partial charge in [-0.3, -0.25) is 14.9 Å². The van der Waals surface area contributed by atoms with Crippen molar-refractivity contribution in [2.24, 2.45) is 5.10 Å². The topological polar surface area (TPSA) is 109 Å². The van der Waals surface area contributed by atoms with Gasteiger partial charge in [-0.05, 0) is 35.9 Å². The number of benzene rings is 3.